The molecule has 0 aliphatic rings. The van der Waals surface area contributed by atoms with Crippen molar-refractivity contribution in [3.8, 4) is 0 Å². The van der Waals surface area contributed by atoms with Gasteiger partial charge in [0.1, 0.15) is 0 Å². The van der Waals surface area contributed by atoms with Crippen molar-refractivity contribution in [3.63, 3.8) is 0 Å². The van der Waals surface area contributed by atoms with E-state index in [-0.39, 0.29) is 5.56 Å². The molecular weight excluding hydrogens is 246 g/mol. The summed E-state index contributed by atoms with van der Waals surface area (Å²) in [5, 5.41) is 7.81. The van der Waals surface area contributed by atoms with Crippen LogP contribution in [0.3, 0.4) is 0 Å². The molecule has 0 saturated carbocycles. The van der Waals surface area contributed by atoms with Crippen molar-refractivity contribution < 1.29 is 0 Å². The first-order valence-electron chi connectivity index (χ1n) is 5.57. The molecule has 0 aliphatic carbocycles. The third-order valence-corrected chi connectivity index (χ3v) is 3.38. The Balaban J connectivity index is 1.91. The van der Waals surface area contributed by atoms with Crippen LogP contribution in [-0.4, -0.2) is 9.97 Å². The Morgan fingerprint density at radius 3 is 3.00 bits per heavy atom. The van der Waals surface area contributed by atoms with Crippen molar-refractivity contribution in [1.29, 1.82) is 0 Å². The van der Waals surface area contributed by atoms with Gasteiger partial charge in [0.2, 0.25) is 5.95 Å². The third kappa shape index (κ3) is 2.12. The van der Waals surface area contributed by atoms with Gasteiger partial charge in [-0.25, -0.2) is 4.98 Å². The lowest BCUT2D eigenvalue weighted by atomic mass is 10.2. The van der Waals surface area contributed by atoms with Gasteiger partial charge in [-0.2, -0.15) is 11.3 Å². The molecule has 3 rings (SSSR count). The summed E-state index contributed by atoms with van der Waals surface area (Å²) < 4.78 is 0. The Hall–Kier alpha value is -2.14. The van der Waals surface area contributed by atoms with Gasteiger partial charge in [-0.3, -0.25) is 9.78 Å². The predicted octanol–water partition coefficient (Wildman–Crippen LogP) is 2.60. The number of benzene rings is 1. The van der Waals surface area contributed by atoms with Crippen LogP contribution in [0.25, 0.3) is 10.9 Å². The Labute approximate surface area is 107 Å². The van der Waals surface area contributed by atoms with E-state index >= 15 is 0 Å². The second-order valence-electron chi connectivity index (χ2n) is 3.92. The summed E-state index contributed by atoms with van der Waals surface area (Å²) in [5.74, 6) is 0.505. The van der Waals surface area contributed by atoms with Gasteiger partial charge in [-0.05, 0) is 34.5 Å². The largest absolute Gasteiger partial charge is 0.352 e. The molecule has 1 aromatic carbocycles. The Morgan fingerprint density at radius 1 is 1.28 bits per heavy atom. The van der Waals surface area contributed by atoms with Crippen molar-refractivity contribution in [3.05, 3.63) is 57.0 Å². The maximum atomic E-state index is 11.8. The van der Waals surface area contributed by atoms with Crippen molar-refractivity contribution in [2.75, 3.05) is 5.32 Å². The highest BCUT2D eigenvalue weighted by Crippen LogP contribution is 2.10. The van der Waals surface area contributed by atoms with Crippen LogP contribution in [0.4, 0.5) is 5.95 Å². The minimum Gasteiger partial charge on any atom is -0.352 e. The maximum Gasteiger partial charge on any atom is 0.260 e. The van der Waals surface area contributed by atoms with Crippen LogP contribution in [-0.2, 0) is 6.54 Å². The number of para-hydroxylation sites is 1. The fourth-order valence-electron chi connectivity index (χ4n) is 1.75. The van der Waals surface area contributed by atoms with Crippen LogP contribution < -0.4 is 10.9 Å². The van der Waals surface area contributed by atoms with E-state index < -0.39 is 0 Å². The normalized spacial score (nSPS) is 10.7. The summed E-state index contributed by atoms with van der Waals surface area (Å²) in [5.41, 5.74) is 1.76. The standard InChI is InChI=1S/C13H11N3OS/c17-12-10-3-1-2-4-11(10)15-13(16-12)14-7-9-5-6-18-8-9/h1-6,8H,7H2,(H2,14,15,16,17). The van der Waals surface area contributed by atoms with Gasteiger partial charge < -0.3 is 5.32 Å². The zero-order valence-electron chi connectivity index (χ0n) is 9.51. The highest BCUT2D eigenvalue weighted by atomic mass is 32.1. The van der Waals surface area contributed by atoms with E-state index in [2.05, 4.69) is 20.7 Å². The van der Waals surface area contributed by atoms with Gasteiger partial charge in [0.25, 0.3) is 5.56 Å². The number of aromatic amines is 1. The van der Waals surface area contributed by atoms with Crippen LogP contribution >= 0.6 is 11.3 Å². The molecule has 2 N–H and O–H groups in total. The zero-order valence-corrected chi connectivity index (χ0v) is 10.3. The number of fused-ring (bicyclic) bond motifs is 1. The van der Waals surface area contributed by atoms with Crippen LogP contribution in [0.15, 0.2) is 45.9 Å². The molecule has 0 amide bonds. The fraction of sp³-hybridized carbons (Fsp3) is 0.0769. The van der Waals surface area contributed by atoms with E-state index in [0.29, 0.717) is 23.4 Å². The van der Waals surface area contributed by atoms with Crippen LogP contribution in [0, 0.1) is 0 Å². The minimum absolute atomic E-state index is 0.117. The third-order valence-electron chi connectivity index (χ3n) is 2.65. The van der Waals surface area contributed by atoms with E-state index in [1.165, 1.54) is 5.56 Å². The lowest BCUT2D eigenvalue weighted by Crippen LogP contribution is -2.12. The Kier molecular flexibility index (Phi) is 2.82. The number of nitrogens with one attached hydrogen (secondary N) is 2. The lowest BCUT2D eigenvalue weighted by Gasteiger charge is -2.04. The number of aromatic nitrogens is 2. The molecule has 0 atom stereocenters. The van der Waals surface area contributed by atoms with Crippen molar-refractivity contribution in [2.24, 2.45) is 0 Å². The van der Waals surface area contributed by atoms with E-state index in [9.17, 15) is 4.79 Å². The number of thiophene rings is 1. The summed E-state index contributed by atoms with van der Waals surface area (Å²) in [7, 11) is 0. The van der Waals surface area contributed by atoms with Gasteiger partial charge >= 0.3 is 0 Å². The van der Waals surface area contributed by atoms with Gasteiger partial charge in [0.05, 0.1) is 10.9 Å². The van der Waals surface area contributed by atoms with Crippen LogP contribution in [0.5, 0.6) is 0 Å². The Bertz CT molecular complexity index is 718. The Morgan fingerprint density at radius 2 is 2.17 bits per heavy atom. The SMILES string of the molecule is O=c1[nH]c(NCc2ccsc2)nc2ccccc12. The number of H-pyrrole nitrogens is 1. The molecular formula is C13H11N3OS. The number of anilines is 1. The number of hydrogen-bond acceptors (Lipinski definition) is 4. The second kappa shape index (κ2) is 4.62. The lowest BCUT2D eigenvalue weighted by molar-refractivity contribution is 1.06. The first-order valence-corrected chi connectivity index (χ1v) is 6.51. The first-order chi connectivity index (χ1) is 8.83. The summed E-state index contributed by atoms with van der Waals surface area (Å²) in [6.07, 6.45) is 0. The van der Waals surface area contributed by atoms with E-state index in [0.717, 1.165) is 0 Å². The van der Waals surface area contributed by atoms with E-state index in [4.69, 9.17) is 0 Å². The van der Waals surface area contributed by atoms with Gasteiger partial charge in [0, 0.05) is 6.54 Å². The number of nitrogens with zero attached hydrogens (tertiary/aromatic N) is 1. The van der Waals surface area contributed by atoms with E-state index in [1.807, 2.05) is 29.6 Å². The maximum absolute atomic E-state index is 11.8. The summed E-state index contributed by atoms with van der Waals surface area (Å²) >= 11 is 1.65. The molecule has 5 heteroatoms. The van der Waals surface area contributed by atoms with Gasteiger partial charge in [0.15, 0.2) is 0 Å². The van der Waals surface area contributed by atoms with E-state index in [1.54, 1.807) is 17.4 Å². The molecule has 2 aromatic heterocycles. The summed E-state index contributed by atoms with van der Waals surface area (Å²) in [6.45, 7) is 0.658. The molecule has 0 radical (unpaired) electrons. The van der Waals surface area contributed by atoms with Gasteiger partial charge in [-0.1, -0.05) is 12.1 Å². The number of rotatable bonds is 3. The van der Waals surface area contributed by atoms with Crippen LogP contribution in [0.2, 0.25) is 0 Å². The molecule has 0 aliphatic heterocycles. The highest BCUT2D eigenvalue weighted by molar-refractivity contribution is 7.07. The highest BCUT2D eigenvalue weighted by Gasteiger charge is 2.02. The molecule has 0 unspecified atom stereocenters. The van der Waals surface area contributed by atoms with Crippen molar-refractivity contribution in [1.82, 2.24) is 9.97 Å². The molecule has 18 heavy (non-hydrogen) atoms. The topological polar surface area (TPSA) is 57.8 Å². The predicted molar refractivity (Wildman–Crippen MR) is 74.0 cm³/mol. The smallest absolute Gasteiger partial charge is 0.260 e. The average Bonchev–Trinajstić information content (AvgIpc) is 2.90. The molecule has 0 saturated heterocycles. The minimum atomic E-state index is -0.117. The van der Waals surface area contributed by atoms with Crippen molar-refractivity contribution >= 4 is 28.2 Å². The molecule has 3 aromatic rings. The zero-order chi connectivity index (χ0) is 12.4. The molecule has 0 bridgehead atoms. The molecule has 90 valence electrons. The number of hydrogen-bond donors (Lipinski definition) is 2. The monoisotopic (exact) mass is 257 g/mol. The molecule has 0 spiro atoms. The second-order valence-corrected chi connectivity index (χ2v) is 4.70. The van der Waals surface area contributed by atoms with Gasteiger partial charge in [-0.15, -0.1) is 0 Å². The summed E-state index contributed by atoms with van der Waals surface area (Å²) in [6, 6.07) is 9.34. The summed E-state index contributed by atoms with van der Waals surface area (Å²) in [4.78, 5) is 18.9. The fourth-order valence-corrected chi connectivity index (χ4v) is 2.42. The van der Waals surface area contributed by atoms with Crippen molar-refractivity contribution in [2.45, 2.75) is 6.54 Å². The average molecular weight is 257 g/mol. The van der Waals surface area contributed by atoms with Crippen LogP contribution in [0.1, 0.15) is 5.56 Å². The molecule has 2 heterocycles. The first kappa shape index (κ1) is 11.0. The quantitative estimate of drug-likeness (QED) is 0.758. The molecule has 0 fully saturated rings. The molecule has 4 nitrogen and oxygen atoms in total.